The maximum absolute atomic E-state index is 13.8. The number of halogens is 3. The van der Waals surface area contributed by atoms with Crippen LogP contribution in [-0.4, -0.2) is 9.78 Å². The quantitative estimate of drug-likeness (QED) is 0.514. The van der Waals surface area contributed by atoms with Gasteiger partial charge in [0.15, 0.2) is 0 Å². The first-order chi connectivity index (χ1) is 9.01. The lowest BCUT2D eigenvalue weighted by Crippen LogP contribution is -2.30. The van der Waals surface area contributed by atoms with Gasteiger partial charge in [-0.25, -0.2) is 8.78 Å². The molecule has 0 bridgehead atoms. The summed E-state index contributed by atoms with van der Waals surface area (Å²) in [7, 11) is 1.77. The van der Waals surface area contributed by atoms with Crippen molar-refractivity contribution in [3.05, 3.63) is 52.3 Å². The first-order valence-electron chi connectivity index (χ1n) is 5.60. The standard InChI is InChI=1S/C12H13ClF2N4/c1-19-3-2-7(18-19)4-12(17-16)8-5-11(15)9(13)6-10(8)14/h2-3,5-6,12,17H,4,16H2,1H3. The van der Waals surface area contributed by atoms with Crippen molar-refractivity contribution in [2.24, 2.45) is 12.9 Å². The summed E-state index contributed by atoms with van der Waals surface area (Å²) >= 11 is 5.51. The maximum atomic E-state index is 13.8. The van der Waals surface area contributed by atoms with Crippen LogP contribution in [-0.2, 0) is 13.5 Å². The average Bonchev–Trinajstić information content (AvgIpc) is 2.77. The molecule has 0 aliphatic heterocycles. The second kappa shape index (κ2) is 5.64. The fraction of sp³-hybridized carbons (Fsp3) is 0.250. The van der Waals surface area contributed by atoms with Crippen LogP contribution in [0.25, 0.3) is 0 Å². The first kappa shape index (κ1) is 13.9. The Balaban J connectivity index is 2.29. The topological polar surface area (TPSA) is 55.9 Å². The van der Waals surface area contributed by atoms with Gasteiger partial charge in [-0.1, -0.05) is 11.6 Å². The van der Waals surface area contributed by atoms with Crippen molar-refractivity contribution in [3.8, 4) is 0 Å². The minimum absolute atomic E-state index is 0.120. The Morgan fingerprint density at radius 3 is 2.74 bits per heavy atom. The van der Waals surface area contributed by atoms with Crippen LogP contribution in [0.5, 0.6) is 0 Å². The van der Waals surface area contributed by atoms with Crippen LogP contribution in [0.15, 0.2) is 24.4 Å². The normalized spacial score (nSPS) is 12.7. The summed E-state index contributed by atoms with van der Waals surface area (Å²) in [4.78, 5) is 0. The van der Waals surface area contributed by atoms with Crippen LogP contribution in [0.1, 0.15) is 17.3 Å². The van der Waals surface area contributed by atoms with E-state index in [-0.39, 0.29) is 10.6 Å². The van der Waals surface area contributed by atoms with E-state index in [1.807, 2.05) is 0 Å². The van der Waals surface area contributed by atoms with E-state index in [4.69, 9.17) is 17.4 Å². The summed E-state index contributed by atoms with van der Waals surface area (Å²) in [5, 5.41) is 3.92. The Bertz CT molecular complexity index is 585. The van der Waals surface area contributed by atoms with Gasteiger partial charge in [-0.3, -0.25) is 16.0 Å². The number of aryl methyl sites for hydroxylation is 1. The second-order valence-corrected chi connectivity index (χ2v) is 4.60. The summed E-state index contributed by atoms with van der Waals surface area (Å²) in [6, 6.07) is 3.19. The van der Waals surface area contributed by atoms with Crippen molar-refractivity contribution < 1.29 is 8.78 Å². The highest BCUT2D eigenvalue weighted by atomic mass is 35.5. The molecule has 0 amide bonds. The zero-order valence-corrected chi connectivity index (χ0v) is 11.0. The van der Waals surface area contributed by atoms with Crippen molar-refractivity contribution in [2.75, 3.05) is 0 Å². The minimum atomic E-state index is -0.681. The number of rotatable bonds is 4. The second-order valence-electron chi connectivity index (χ2n) is 4.19. The molecule has 1 heterocycles. The van der Waals surface area contributed by atoms with Gasteiger partial charge < -0.3 is 0 Å². The van der Waals surface area contributed by atoms with Crippen molar-refractivity contribution in [1.29, 1.82) is 0 Å². The molecular formula is C12H13ClF2N4. The van der Waals surface area contributed by atoms with E-state index in [9.17, 15) is 8.78 Å². The van der Waals surface area contributed by atoms with Gasteiger partial charge in [-0.05, 0) is 18.2 Å². The zero-order valence-electron chi connectivity index (χ0n) is 10.2. The molecule has 2 aromatic rings. The Morgan fingerprint density at radius 2 is 2.16 bits per heavy atom. The molecule has 0 spiro atoms. The molecule has 102 valence electrons. The van der Waals surface area contributed by atoms with Crippen molar-refractivity contribution in [3.63, 3.8) is 0 Å². The molecule has 19 heavy (non-hydrogen) atoms. The SMILES string of the molecule is Cn1ccc(CC(NN)c2cc(F)c(Cl)cc2F)n1. The van der Waals surface area contributed by atoms with E-state index in [1.165, 1.54) is 0 Å². The van der Waals surface area contributed by atoms with Gasteiger partial charge in [0.25, 0.3) is 0 Å². The van der Waals surface area contributed by atoms with Gasteiger partial charge in [0.05, 0.1) is 16.8 Å². The lowest BCUT2D eigenvalue weighted by atomic mass is 10.0. The first-order valence-corrected chi connectivity index (χ1v) is 5.98. The molecule has 0 radical (unpaired) electrons. The van der Waals surface area contributed by atoms with Crippen LogP contribution in [0, 0.1) is 11.6 Å². The molecule has 0 saturated heterocycles. The number of aromatic nitrogens is 2. The molecule has 1 aromatic carbocycles. The Morgan fingerprint density at radius 1 is 1.42 bits per heavy atom. The molecule has 1 atom stereocenters. The van der Waals surface area contributed by atoms with Gasteiger partial charge in [-0.15, -0.1) is 0 Å². The lowest BCUT2D eigenvalue weighted by Gasteiger charge is -2.16. The van der Waals surface area contributed by atoms with E-state index in [0.717, 1.165) is 17.8 Å². The summed E-state index contributed by atoms with van der Waals surface area (Å²) in [6.45, 7) is 0. The third-order valence-electron chi connectivity index (χ3n) is 2.80. The summed E-state index contributed by atoms with van der Waals surface area (Å²) < 4.78 is 28.8. The number of hydrogen-bond donors (Lipinski definition) is 2. The molecule has 1 aromatic heterocycles. The number of nitrogens with zero attached hydrogens (tertiary/aromatic N) is 2. The fourth-order valence-electron chi connectivity index (χ4n) is 1.84. The molecule has 0 saturated carbocycles. The molecule has 0 aliphatic carbocycles. The third-order valence-corrected chi connectivity index (χ3v) is 3.09. The number of nitrogens with two attached hydrogens (primary N) is 1. The Hall–Kier alpha value is -1.50. The highest BCUT2D eigenvalue weighted by Crippen LogP contribution is 2.25. The summed E-state index contributed by atoms with van der Waals surface area (Å²) in [5.74, 6) is 4.12. The van der Waals surface area contributed by atoms with Crippen LogP contribution in [0.3, 0.4) is 0 Å². The van der Waals surface area contributed by atoms with Gasteiger partial charge in [0.1, 0.15) is 11.6 Å². The summed E-state index contributed by atoms with van der Waals surface area (Å²) in [6.07, 6.45) is 2.11. The van der Waals surface area contributed by atoms with Gasteiger partial charge in [-0.2, -0.15) is 5.10 Å². The van der Waals surface area contributed by atoms with E-state index < -0.39 is 17.7 Å². The molecule has 7 heteroatoms. The number of benzene rings is 1. The number of nitrogens with one attached hydrogen (secondary N) is 1. The van der Waals surface area contributed by atoms with Crippen molar-refractivity contribution >= 4 is 11.6 Å². The fourth-order valence-corrected chi connectivity index (χ4v) is 2.00. The highest BCUT2D eigenvalue weighted by Gasteiger charge is 2.18. The van der Waals surface area contributed by atoms with E-state index in [2.05, 4.69) is 10.5 Å². The molecular weight excluding hydrogens is 274 g/mol. The molecule has 2 rings (SSSR count). The predicted octanol–water partition coefficient (Wildman–Crippen LogP) is 2.10. The van der Waals surface area contributed by atoms with Crippen LogP contribution >= 0.6 is 11.6 Å². The smallest absolute Gasteiger partial charge is 0.142 e. The zero-order chi connectivity index (χ0) is 14.0. The number of hydrogen-bond acceptors (Lipinski definition) is 3. The Kier molecular flexibility index (Phi) is 4.14. The molecule has 4 nitrogen and oxygen atoms in total. The van der Waals surface area contributed by atoms with Crippen LogP contribution in [0.4, 0.5) is 8.78 Å². The van der Waals surface area contributed by atoms with Gasteiger partial charge in [0.2, 0.25) is 0 Å². The van der Waals surface area contributed by atoms with E-state index in [0.29, 0.717) is 6.42 Å². The minimum Gasteiger partial charge on any atom is -0.276 e. The molecule has 0 aliphatic rings. The van der Waals surface area contributed by atoms with Crippen LogP contribution < -0.4 is 11.3 Å². The van der Waals surface area contributed by atoms with E-state index in [1.54, 1.807) is 24.0 Å². The maximum Gasteiger partial charge on any atom is 0.142 e. The molecule has 3 N–H and O–H groups in total. The highest BCUT2D eigenvalue weighted by molar-refractivity contribution is 6.30. The Labute approximate surface area is 114 Å². The molecule has 0 fully saturated rings. The van der Waals surface area contributed by atoms with Crippen molar-refractivity contribution in [1.82, 2.24) is 15.2 Å². The monoisotopic (exact) mass is 286 g/mol. The third kappa shape index (κ3) is 3.09. The van der Waals surface area contributed by atoms with Gasteiger partial charge in [0, 0.05) is 25.2 Å². The van der Waals surface area contributed by atoms with Gasteiger partial charge >= 0.3 is 0 Å². The largest absolute Gasteiger partial charge is 0.276 e. The van der Waals surface area contributed by atoms with Crippen LogP contribution in [0.2, 0.25) is 5.02 Å². The lowest BCUT2D eigenvalue weighted by molar-refractivity contribution is 0.497. The van der Waals surface area contributed by atoms with Crippen molar-refractivity contribution in [2.45, 2.75) is 12.5 Å². The molecule has 1 unspecified atom stereocenters. The van der Waals surface area contributed by atoms with E-state index >= 15 is 0 Å². The number of hydrazine groups is 1. The average molecular weight is 287 g/mol. The predicted molar refractivity (Wildman–Crippen MR) is 68.3 cm³/mol. The summed E-state index contributed by atoms with van der Waals surface area (Å²) in [5.41, 5.74) is 3.31.